The Labute approximate surface area is 172 Å². The maximum absolute atomic E-state index is 13.0. The topological polar surface area (TPSA) is 67.9 Å². The van der Waals surface area contributed by atoms with Crippen LogP contribution in [0.3, 0.4) is 0 Å². The number of hydrogen-bond donors (Lipinski definition) is 1. The minimum atomic E-state index is -0.570. The molecule has 1 saturated heterocycles. The third kappa shape index (κ3) is 3.31. The van der Waals surface area contributed by atoms with Crippen molar-refractivity contribution in [1.82, 2.24) is 5.32 Å². The normalized spacial score (nSPS) is 17.5. The van der Waals surface area contributed by atoms with E-state index < -0.39 is 11.8 Å². The molecule has 1 fully saturated rings. The van der Waals surface area contributed by atoms with Crippen LogP contribution in [0.25, 0.3) is 6.08 Å². The third-order valence-electron chi connectivity index (χ3n) is 3.98. The molecule has 2 aromatic rings. The van der Waals surface area contributed by atoms with Crippen LogP contribution in [-0.4, -0.2) is 23.7 Å². The average Bonchev–Trinajstić information content (AvgIpc) is 3.07. The second kappa shape index (κ2) is 6.95. The summed E-state index contributed by atoms with van der Waals surface area (Å²) in [5.74, 6) is 0.0293. The maximum Gasteiger partial charge on any atom is 0.270 e. The van der Waals surface area contributed by atoms with Gasteiger partial charge in [-0.05, 0) is 60.3 Å². The molecule has 0 aliphatic carbocycles. The molecule has 0 aromatic heterocycles. The van der Waals surface area contributed by atoms with Crippen molar-refractivity contribution in [3.8, 4) is 11.5 Å². The first-order valence-electron chi connectivity index (χ1n) is 7.70. The fraction of sp³-hybridized carbons (Fsp3) is 0.0556. The van der Waals surface area contributed by atoms with Gasteiger partial charge < -0.3 is 9.47 Å². The summed E-state index contributed by atoms with van der Waals surface area (Å²) < 4.78 is 11.3. The minimum absolute atomic E-state index is 0.00854. The first-order valence-corrected chi connectivity index (χ1v) is 9.28. The molecule has 136 valence electrons. The van der Waals surface area contributed by atoms with Crippen LogP contribution in [-0.2, 0) is 9.59 Å². The van der Waals surface area contributed by atoms with Crippen molar-refractivity contribution in [2.45, 2.75) is 0 Å². The molecule has 2 amide bonds. The van der Waals surface area contributed by atoms with Crippen LogP contribution < -0.4 is 19.7 Å². The molecule has 27 heavy (non-hydrogen) atoms. The highest BCUT2D eigenvalue weighted by Crippen LogP contribution is 2.38. The van der Waals surface area contributed by atoms with Crippen molar-refractivity contribution in [3.63, 3.8) is 0 Å². The van der Waals surface area contributed by atoms with E-state index in [9.17, 15) is 9.59 Å². The van der Waals surface area contributed by atoms with Crippen LogP contribution in [0.4, 0.5) is 5.69 Å². The van der Waals surface area contributed by atoms with Crippen molar-refractivity contribution in [3.05, 3.63) is 57.0 Å². The lowest BCUT2D eigenvalue weighted by molar-refractivity contribution is -0.122. The van der Waals surface area contributed by atoms with Gasteiger partial charge in [0.2, 0.25) is 6.79 Å². The molecule has 2 aliphatic rings. The highest BCUT2D eigenvalue weighted by atomic mass is 79.9. The predicted octanol–water partition coefficient (Wildman–Crippen LogP) is 3.66. The summed E-state index contributed by atoms with van der Waals surface area (Å²) >= 11 is 14.5. The number of fused-ring (bicyclic) bond motifs is 1. The minimum Gasteiger partial charge on any atom is -0.454 e. The van der Waals surface area contributed by atoms with Gasteiger partial charge in [0.15, 0.2) is 16.6 Å². The number of thiocarbonyl (C=S) groups is 1. The zero-order chi connectivity index (χ0) is 19.1. The number of benzene rings is 2. The molecule has 4 rings (SSSR count). The van der Waals surface area contributed by atoms with Gasteiger partial charge in [0.25, 0.3) is 11.8 Å². The Morgan fingerprint density at radius 2 is 1.81 bits per heavy atom. The molecule has 0 radical (unpaired) electrons. The molecule has 9 heteroatoms. The smallest absolute Gasteiger partial charge is 0.270 e. The fourth-order valence-corrected chi connectivity index (χ4v) is 3.52. The second-order valence-corrected chi connectivity index (χ2v) is 7.34. The summed E-state index contributed by atoms with van der Waals surface area (Å²) in [4.78, 5) is 26.6. The van der Waals surface area contributed by atoms with Crippen LogP contribution in [0, 0.1) is 0 Å². The number of nitrogens with zero attached hydrogens (tertiary/aromatic N) is 1. The fourth-order valence-electron chi connectivity index (χ4n) is 2.68. The van der Waals surface area contributed by atoms with Crippen LogP contribution in [0.2, 0.25) is 5.02 Å². The monoisotopic (exact) mass is 464 g/mol. The van der Waals surface area contributed by atoms with Gasteiger partial charge in [-0.2, -0.15) is 0 Å². The lowest BCUT2D eigenvalue weighted by Crippen LogP contribution is -2.54. The van der Waals surface area contributed by atoms with Crippen LogP contribution in [0.15, 0.2) is 46.4 Å². The van der Waals surface area contributed by atoms with E-state index in [1.54, 1.807) is 36.4 Å². The first kappa shape index (κ1) is 18.0. The summed E-state index contributed by atoms with van der Waals surface area (Å²) in [6.07, 6.45) is 1.48. The number of anilines is 1. The Bertz CT molecular complexity index is 1020. The Hall–Kier alpha value is -2.42. The lowest BCUT2D eigenvalue weighted by atomic mass is 10.1. The number of rotatable bonds is 2. The van der Waals surface area contributed by atoms with E-state index in [1.165, 1.54) is 11.0 Å². The summed E-state index contributed by atoms with van der Waals surface area (Å²) in [5, 5.41) is 3.07. The molecule has 0 atom stereocenters. The molecular weight excluding hydrogens is 456 g/mol. The van der Waals surface area contributed by atoms with Crippen molar-refractivity contribution >= 4 is 68.4 Å². The van der Waals surface area contributed by atoms with Crippen molar-refractivity contribution in [2.24, 2.45) is 0 Å². The molecule has 2 aliphatic heterocycles. The van der Waals surface area contributed by atoms with Gasteiger partial charge in [-0.3, -0.25) is 19.8 Å². The highest BCUT2D eigenvalue weighted by Gasteiger charge is 2.34. The maximum atomic E-state index is 13.0. The largest absolute Gasteiger partial charge is 0.454 e. The summed E-state index contributed by atoms with van der Waals surface area (Å²) in [5.41, 5.74) is 1.05. The summed E-state index contributed by atoms with van der Waals surface area (Å²) in [7, 11) is 0. The number of nitrogens with one attached hydrogen (secondary N) is 1. The van der Waals surface area contributed by atoms with Gasteiger partial charge >= 0.3 is 0 Å². The Morgan fingerprint density at radius 3 is 2.52 bits per heavy atom. The average molecular weight is 466 g/mol. The van der Waals surface area contributed by atoms with E-state index >= 15 is 0 Å². The van der Waals surface area contributed by atoms with E-state index in [4.69, 9.17) is 33.3 Å². The quantitative estimate of drug-likeness (QED) is 0.416. The van der Waals surface area contributed by atoms with Crippen molar-refractivity contribution in [1.29, 1.82) is 0 Å². The zero-order valence-electron chi connectivity index (χ0n) is 13.5. The van der Waals surface area contributed by atoms with E-state index in [0.29, 0.717) is 32.2 Å². The van der Waals surface area contributed by atoms with Crippen LogP contribution in [0.1, 0.15) is 5.56 Å². The number of hydrogen-bond acceptors (Lipinski definition) is 5. The lowest BCUT2D eigenvalue weighted by Gasteiger charge is -2.29. The van der Waals surface area contributed by atoms with E-state index in [2.05, 4.69) is 21.2 Å². The summed E-state index contributed by atoms with van der Waals surface area (Å²) in [6.45, 7) is 0.125. The van der Waals surface area contributed by atoms with E-state index in [1.807, 2.05) is 0 Å². The molecule has 0 spiro atoms. The Balaban J connectivity index is 1.75. The van der Waals surface area contributed by atoms with Crippen molar-refractivity contribution in [2.75, 3.05) is 11.7 Å². The standard InChI is InChI=1S/C18H10BrClN2O4S/c19-13-7-15-14(25-8-26-15)6-9(13)5-12-16(23)21-18(27)22(17(12)24)11-3-1-10(20)2-4-11/h1-7H,8H2,(H,21,23,27). The molecule has 6 nitrogen and oxygen atoms in total. The number of carbonyl (C=O) groups is 2. The molecule has 0 saturated carbocycles. The number of halogens is 2. The summed E-state index contributed by atoms with van der Waals surface area (Å²) in [6, 6.07) is 10.00. The van der Waals surface area contributed by atoms with Gasteiger partial charge in [0.1, 0.15) is 5.57 Å². The number of amides is 2. The van der Waals surface area contributed by atoms with Crippen LogP contribution >= 0.6 is 39.7 Å². The number of carbonyl (C=O) groups excluding carboxylic acids is 2. The molecule has 2 aromatic carbocycles. The van der Waals surface area contributed by atoms with Gasteiger partial charge in [0.05, 0.1) is 5.69 Å². The zero-order valence-corrected chi connectivity index (χ0v) is 16.7. The third-order valence-corrected chi connectivity index (χ3v) is 5.20. The van der Waals surface area contributed by atoms with Gasteiger partial charge in [0, 0.05) is 9.50 Å². The van der Waals surface area contributed by atoms with E-state index in [0.717, 1.165) is 0 Å². The van der Waals surface area contributed by atoms with E-state index in [-0.39, 0.29) is 17.5 Å². The highest BCUT2D eigenvalue weighted by molar-refractivity contribution is 9.10. The molecule has 2 heterocycles. The molecule has 1 N–H and O–H groups in total. The SMILES string of the molecule is O=C1NC(=S)N(c2ccc(Cl)cc2)C(=O)C1=Cc1cc2c(cc1Br)OCO2. The predicted molar refractivity (Wildman–Crippen MR) is 108 cm³/mol. The van der Waals surface area contributed by atoms with Gasteiger partial charge in [-0.25, -0.2) is 0 Å². The molecule has 0 bridgehead atoms. The molecule has 0 unspecified atom stereocenters. The molecular formula is C18H10BrClN2O4S. The second-order valence-electron chi connectivity index (χ2n) is 5.66. The Kier molecular flexibility index (Phi) is 4.63. The van der Waals surface area contributed by atoms with Gasteiger partial charge in [-0.15, -0.1) is 0 Å². The van der Waals surface area contributed by atoms with Crippen molar-refractivity contribution < 1.29 is 19.1 Å². The Morgan fingerprint density at radius 1 is 1.15 bits per heavy atom. The number of ether oxygens (including phenoxy) is 2. The first-order chi connectivity index (χ1) is 12.9. The van der Waals surface area contributed by atoms with Gasteiger partial charge in [-0.1, -0.05) is 27.5 Å². The van der Waals surface area contributed by atoms with Crippen LogP contribution in [0.5, 0.6) is 11.5 Å².